The maximum absolute atomic E-state index is 12.9. The van der Waals surface area contributed by atoms with Crippen LogP contribution in [-0.4, -0.2) is 35.2 Å². The van der Waals surface area contributed by atoms with E-state index in [0.29, 0.717) is 18.1 Å². The van der Waals surface area contributed by atoms with E-state index in [9.17, 15) is 17.6 Å². The number of alkyl halides is 3. The number of nitrogens with zero attached hydrogens (tertiary/aromatic N) is 2. The fourth-order valence-corrected chi connectivity index (χ4v) is 2.72. The van der Waals surface area contributed by atoms with Gasteiger partial charge in [-0.1, -0.05) is 12.1 Å². The van der Waals surface area contributed by atoms with Crippen LogP contribution in [0.4, 0.5) is 23.5 Å². The number of benzene rings is 1. The van der Waals surface area contributed by atoms with Crippen molar-refractivity contribution in [2.24, 2.45) is 0 Å². The highest BCUT2D eigenvalue weighted by Gasteiger charge is 2.30. The Balaban J connectivity index is 1.59. The molecule has 1 fully saturated rings. The summed E-state index contributed by atoms with van der Waals surface area (Å²) in [4.78, 5) is 7.76. The molecule has 1 saturated heterocycles. The molecule has 0 saturated carbocycles. The van der Waals surface area contributed by atoms with Crippen LogP contribution in [0.3, 0.4) is 0 Å². The summed E-state index contributed by atoms with van der Waals surface area (Å²) in [6, 6.07) is 4.81. The van der Waals surface area contributed by atoms with E-state index in [2.05, 4.69) is 20.6 Å². The van der Waals surface area contributed by atoms with E-state index in [-0.39, 0.29) is 18.8 Å². The van der Waals surface area contributed by atoms with E-state index in [4.69, 9.17) is 4.74 Å². The number of piperidine rings is 1. The molecule has 1 aromatic heterocycles. The van der Waals surface area contributed by atoms with Crippen molar-refractivity contribution < 1.29 is 22.3 Å². The van der Waals surface area contributed by atoms with E-state index in [1.165, 1.54) is 12.1 Å². The molecule has 2 aromatic rings. The Morgan fingerprint density at radius 1 is 1.15 bits per heavy atom. The van der Waals surface area contributed by atoms with Crippen LogP contribution in [0.5, 0.6) is 0 Å². The molecule has 0 amide bonds. The minimum Gasteiger partial charge on any atom is -0.370 e. The molecule has 0 spiro atoms. The molecule has 2 heterocycles. The molecule has 2 atom stereocenters. The average Bonchev–Trinajstić information content (AvgIpc) is 2.62. The number of aromatic nitrogens is 2. The van der Waals surface area contributed by atoms with Crippen LogP contribution < -0.4 is 10.6 Å². The smallest absolute Gasteiger partial charge is 0.370 e. The Bertz CT molecular complexity index is 706. The quantitative estimate of drug-likeness (QED) is 0.793. The second kappa shape index (κ2) is 7.96. The highest BCUT2D eigenvalue weighted by molar-refractivity contribution is 5.26. The van der Waals surface area contributed by atoms with E-state index < -0.39 is 17.6 Å². The zero-order valence-corrected chi connectivity index (χ0v) is 13.8. The molecule has 2 N–H and O–H groups in total. The van der Waals surface area contributed by atoms with Gasteiger partial charge in [0.25, 0.3) is 0 Å². The Hall–Kier alpha value is -2.26. The highest BCUT2D eigenvalue weighted by Crippen LogP contribution is 2.29. The molecule has 0 unspecified atom stereocenters. The van der Waals surface area contributed by atoms with Crippen LogP contribution in [0.25, 0.3) is 0 Å². The summed E-state index contributed by atoms with van der Waals surface area (Å²) in [7, 11) is 0. The van der Waals surface area contributed by atoms with Gasteiger partial charge in [0.05, 0.1) is 36.7 Å². The largest absolute Gasteiger partial charge is 0.416 e. The lowest BCUT2D eigenvalue weighted by molar-refractivity contribution is -0.137. The summed E-state index contributed by atoms with van der Waals surface area (Å²) in [5.74, 6) is -0.211. The van der Waals surface area contributed by atoms with Gasteiger partial charge in [-0.3, -0.25) is 0 Å². The number of rotatable bonds is 5. The standard InChI is InChI=1S/C17H18F4N4O/c18-13-7-23-16(24-8-13)25-14-5-6-22-9-15(14)26-10-11-1-3-12(4-2-11)17(19,20)21/h1-4,7-8,14-15,22H,5-6,9-10H2,(H,23,24,25)/t14-,15-/m1/s1. The Morgan fingerprint density at radius 3 is 2.50 bits per heavy atom. The van der Waals surface area contributed by atoms with E-state index in [1.807, 2.05) is 0 Å². The Kier molecular flexibility index (Phi) is 5.67. The second-order valence-corrected chi connectivity index (χ2v) is 6.01. The van der Waals surface area contributed by atoms with E-state index in [0.717, 1.165) is 37.5 Å². The van der Waals surface area contributed by atoms with Crippen molar-refractivity contribution in [2.45, 2.75) is 31.3 Å². The molecule has 1 aliphatic rings. The number of hydrogen-bond donors (Lipinski definition) is 2. The molecule has 26 heavy (non-hydrogen) atoms. The fourth-order valence-electron chi connectivity index (χ4n) is 2.72. The zero-order valence-electron chi connectivity index (χ0n) is 13.8. The van der Waals surface area contributed by atoms with E-state index >= 15 is 0 Å². The zero-order chi connectivity index (χ0) is 18.6. The third-order valence-electron chi connectivity index (χ3n) is 4.11. The molecule has 9 heteroatoms. The minimum absolute atomic E-state index is 0.0869. The Morgan fingerprint density at radius 2 is 1.85 bits per heavy atom. The third-order valence-corrected chi connectivity index (χ3v) is 4.11. The molecule has 5 nitrogen and oxygen atoms in total. The number of nitrogens with one attached hydrogen (secondary N) is 2. The van der Waals surface area contributed by atoms with Gasteiger partial charge in [-0.15, -0.1) is 0 Å². The number of halogens is 4. The van der Waals surface area contributed by atoms with Gasteiger partial charge in [0.15, 0.2) is 5.82 Å². The molecule has 0 bridgehead atoms. The van der Waals surface area contributed by atoms with Crippen molar-refractivity contribution in [1.29, 1.82) is 0 Å². The number of ether oxygens (including phenoxy) is 1. The normalized spacial score (nSPS) is 20.8. The summed E-state index contributed by atoms with van der Waals surface area (Å²) in [5.41, 5.74) is -0.0334. The lowest BCUT2D eigenvalue weighted by Crippen LogP contribution is -2.49. The highest BCUT2D eigenvalue weighted by atomic mass is 19.4. The van der Waals surface area contributed by atoms with Crippen molar-refractivity contribution in [2.75, 3.05) is 18.4 Å². The lowest BCUT2D eigenvalue weighted by atomic mass is 10.0. The fraction of sp³-hybridized carbons (Fsp3) is 0.412. The van der Waals surface area contributed by atoms with Crippen molar-refractivity contribution in [3.8, 4) is 0 Å². The molecule has 1 aliphatic heterocycles. The molecule has 140 valence electrons. The van der Waals surface area contributed by atoms with Gasteiger partial charge in [-0.05, 0) is 30.7 Å². The van der Waals surface area contributed by atoms with Crippen LogP contribution in [0.1, 0.15) is 17.5 Å². The van der Waals surface area contributed by atoms with Gasteiger partial charge < -0.3 is 15.4 Å². The monoisotopic (exact) mass is 370 g/mol. The van der Waals surface area contributed by atoms with E-state index in [1.54, 1.807) is 0 Å². The molecular weight excluding hydrogens is 352 g/mol. The third kappa shape index (κ3) is 4.89. The molecule has 0 aliphatic carbocycles. The summed E-state index contributed by atoms with van der Waals surface area (Å²) in [6.45, 7) is 1.55. The van der Waals surface area contributed by atoms with Crippen molar-refractivity contribution >= 4 is 5.95 Å². The van der Waals surface area contributed by atoms with Crippen LogP contribution >= 0.6 is 0 Å². The van der Waals surface area contributed by atoms with Crippen LogP contribution in [0.15, 0.2) is 36.7 Å². The molecule has 1 aromatic carbocycles. The van der Waals surface area contributed by atoms with Gasteiger partial charge in [0, 0.05) is 6.54 Å². The van der Waals surface area contributed by atoms with Crippen LogP contribution in [-0.2, 0) is 17.5 Å². The SMILES string of the molecule is Fc1cnc(N[C@@H]2CCNC[C@H]2OCc2ccc(C(F)(F)F)cc2)nc1. The van der Waals surface area contributed by atoms with Gasteiger partial charge in [-0.25, -0.2) is 14.4 Å². The van der Waals surface area contributed by atoms with Gasteiger partial charge in [0.2, 0.25) is 5.95 Å². The lowest BCUT2D eigenvalue weighted by Gasteiger charge is -2.32. The topological polar surface area (TPSA) is 59.1 Å². The second-order valence-electron chi connectivity index (χ2n) is 6.01. The predicted octanol–water partition coefficient (Wildman–Crippen LogP) is 2.99. The maximum Gasteiger partial charge on any atom is 0.416 e. The van der Waals surface area contributed by atoms with Crippen LogP contribution in [0, 0.1) is 5.82 Å². The first kappa shape index (κ1) is 18.5. The molecule has 0 radical (unpaired) electrons. The Labute approximate surface area is 147 Å². The summed E-state index contributed by atoms with van der Waals surface area (Å²) in [5, 5.41) is 6.33. The van der Waals surface area contributed by atoms with Gasteiger partial charge >= 0.3 is 6.18 Å². The first-order valence-corrected chi connectivity index (χ1v) is 8.14. The van der Waals surface area contributed by atoms with Crippen molar-refractivity contribution in [1.82, 2.24) is 15.3 Å². The first-order valence-electron chi connectivity index (χ1n) is 8.14. The summed E-state index contributed by atoms with van der Waals surface area (Å²) in [6.07, 6.45) is -1.67. The van der Waals surface area contributed by atoms with Gasteiger partial charge in [-0.2, -0.15) is 13.2 Å². The number of anilines is 1. The average molecular weight is 370 g/mol. The number of hydrogen-bond acceptors (Lipinski definition) is 5. The van der Waals surface area contributed by atoms with Crippen LogP contribution in [0.2, 0.25) is 0 Å². The molecular formula is C17H18F4N4O. The predicted molar refractivity (Wildman–Crippen MR) is 86.9 cm³/mol. The van der Waals surface area contributed by atoms with Gasteiger partial charge in [0.1, 0.15) is 0 Å². The maximum atomic E-state index is 12.9. The van der Waals surface area contributed by atoms with Crippen molar-refractivity contribution in [3.05, 3.63) is 53.6 Å². The van der Waals surface area contributed by atoms with Crippen molar-refractivity contribution in [3.63, 3.8) is 0 Å². The molecule has 3 rings (SSSR count). The summed E-state index contributed by atoms with van der Waals surface area (Å²) >= 11 is 0. The first-order chi connectivity index (χ1) is 12.4. The minimum atomic E-state index is -4.35. The summed E-state index contributed by atoms with van der Waals surface area (Å²) < 4.78 is 56.6.